The van der Waals surface area contributed by atoms with Gasteiger partial charge in [-0.3, -0.25) is 0 Å². The third-order valence-corrected chi connectivity index (χ3v) is 7.77. The molecule has 0 aliphatic heterocycles. The van der Waals surface area contributed by atoms with Crippen molar-refractivity contribution in [2.75, 3.05) is 6.26 Å². The van der Waals surface area contributed by atoms with Crippen LogP contribution in [-0.4, -0.2) is 20.4 Å². The lowest BCUT2D eigenvalue weighted by molar-refractivity contribution is 0.622. The van der Waals surface area contributed by atoms with Gasteiger partial charge in [-0.15, -0.1) is 11.3 Å². The molecule has 4 aromatic rings. The highest BCUT2D eigenvalue weighted by molar-refractivity contribution is 7.93. The first-order valence-corrected chi connectivity index (χ1v) is 12.6. The van der Waals surface area contributed by atoms with Gasteiger partial charge in [0.05, 0.1) is 19.5 Å². The third-order valence-electron chi connectivity index (χ3n) is 5.01. The highest BCUT2D eigenvalue weighted by atomic mass is 32.2. The maximum atomic E-state index is 13.5. The van der Waals surface area contributed by atoms with E-state index >= 15 is 0 Å². The molecule has 1 atom stereocenters. The number of benzene rings is 2. The largest absolute Gasteiger partial charge is 0.245 e. The zero-order valence-corrected chi connectivity index (χ0v) is 19.1. The van der Waals surface area contributed by atoms with Crippen LogP contribution in [0.15, 0.2) is 76.2 Å². The van der Waals surface area contributed by atoms with Gasteiger partial charge in [-0.1, -0.05) is 25.1 Å². The first-order chi connectivity index (χ1) is 14.9. The topological polar surface area (TPSA) is 55.2 Å². The molecular formula is C24H22FN3OS2. The Labute approximate surface area is 186 Å². The number of thiazole rings is 1. The van der Waals surface area contributed by atoms with E-state index in [0.29, 0.717) is 10.7 Å². The standard InChI is InChI=1S/C24H22FN3OS2/c1-4-17-12-19(9-8-16(17)2)24-27-15-22(30-24)18-10-11-26-23(13-18)28-31(3,29)21-7-5-6-20(25)14-21/h5-15H,4H2,1-3H3. The average molecular weight is 452 g/mol. The summed E-state index contributed by atoms with van der Waals surface area (Å²) in [6, 6.07) is 15.8. The van der Waals surface area contributed by atoms with Gasteiger partial charge in [0, 0.05) is 24.2 Å². The summed E-state index contributed by atoms with van der Waals surface area (Å²) >= 11 is 1.59. The van der Waals surface area contributed by atoms with Crippen molar-refractivity contribution in [3.8, 4) is 21.0 Å². The lowest BCUT2D eigenvalue weighted by Gasteiger charge is -2.05. The number of aryl methyl sites for hydroxylation is 2. The van der Waals surface area contributed by atoms with Crippen LogP contribution < -0.4 is 0 Å². The minimum atomic E-state index is -2.82. The molecule has 4 rings (SSSR count). The smallest absolute Gasteiger partial charge is 0.162 e. The van der Waals surface area contributed by atoms with Crippen LogP contribution in [0.2, 0.25) is 0 Å². The SMILES string of the molecule is CCc1cc(-c2ncc(-c3ccnc(N=S(C)(=O)c4cccc(F)c4)c3)s2)ccc1C. The Bertz CT molecular complexity index is 1370. The van der Waals surface area contributed by atoms with E-state index in [-0.39, 0.29) is 0 Å². The molecule has 0 radical (unpaired) electrons. The maximum Gasteiger partial charge on any atom is 0.162 e. The molecule has 0 saturated carbocycles. The van der Waals surface area contributed by atoms with Gasteiger partial charge in [0.2, 0.25) is 0 Å². The van der Waals surface area contributed by atoms with Crippen molar-refractivity contribution in [3.05, 3.63) is 83.9 Å². The predicted molar refractivity (Wildman–Crippen MR) is 126 cm³/mol. The van der Waals surface area contributed by atoms with Crippen LogP contribution in [0.5, 0.6) is 0 Å². The molecule has 2 aromatic carbocycles. The minimum absolute atomic E-state index is 0.339. The summed E-state index contributed by atoms with van der Waals surface area (Å²) in [4.78, 5) is 10.2. The van der Waals surface area contributed by atoms with Crippen molar-refractivity contribution in [1.29, 1.82) is 0 Å². The number of aromatic nitrogens is 2. The fourth-order valence-electron chi connectivity index (χ4n) is 3.28. The van der Waals surface area contributed by atoms with E-state index in [1.54, 1.807) is 29.7 Å². The molecule has 0 N–H and O–H groups in total. The molecule has 7 heteroatoms. The van der Waals surface area contributed by atoms with E-state index < -0.39 is 15.5 Å². The van der Waals surface area contributed by atoms with E-state index in [1.165, 1.54) is 35.6 Å². The number of nitrogens with zero attached hydrogens (tertiary/aromatic N) is 3. The highest BCUT2D eigenvalue weighted by Crippen LogP contribution is 2.34. The normalized spacial score (nSPS) is 13.0. The summed E-state index contributed by atoms with van der Waals surface area (Å²) in [5, 5.41) is 0.944. The first kappa shape index (κ1) is 21.3. The number of halogens is 1. The van der Waals surface area contributed by atoms with E-state index in [4.69, 9.17) is 0 Å². The van der Waals surface area contributed by atoms with Crippen LogP contribution in [0.4, 0.5) is 10.2 Å². The summed E-state index contributed by atoms with van der Waals surface area (Å²) in [6.07, 6.45) is 5.94. The average Bonchev–Trinajstić information content (AvgIpc) is 3.24. The van der Waals surface area contributed by atoms with E-state index in [1.807, 2.05) is 12.3 Å². The Kier molecular flexibility index (Phi) is 5.98. The number of hydrogen-bond donors (Lipinski definition) is 0. The Morgan fingerprint density at radius 1 is 1.06 bits per heavy atom. The second kappa shape index (κ2) is 8.69. The molecule has 2 aromatic heterocycles. The fourth-order valence-corrected chi connectivity index (χ4v) is 5.42. The Hall–Kier alpha value is -2.90. The fraction of sp³-hybridized carbons (Fsp3) is 0.167. The van der Waals surface area contributed by atoms with E-state index in [2.05, 4.69) is 46.4 Å². The van der Waals surface area contributed by atoms with Crippen molar-refractivity contribution in [2.24, 2.45) is 4.36 Å². The molecule has 0 spiro atoms. The van der Waals surface area contributed by atoms with Gasteiger partial charge in [-0.25, -0.2) is 18.6 Å². The lowest BCUT2D eigenvalue weighted by atomic mass is 10.0. The Morgan fingerprint density at radius 2 is 1.90 bits per heavy atom. The quantitative estimate of drug-likeness (QED) is 0.340. The minimum Gasteiger partial charge on any atom is -0.245 e. The Morgan fingerprint density at radius 3 is 2.68 bits per heavy atom. The van der Waals surface area contributed by atoms with Crippen molar-refractivity contribution in [1.82, 2.24) is 9.97 Å². The second-order valence-electron chi connectivity index (χ2n) is 7.28. The van der Waals surface area contributed by atoms with Crippen LogP contribution in [0.1, 0.15) is 18.1 Å². The summed E-state index contributed by atoms with van der Waals surface area (Å²) in [5.41, 5.74) is 4.59. The molecule has 0 fully saturated rings. The molecule has 2 heterocycles. The van der Waals surface area contributed by atoms with Gasteiger partial charge in [-0.05, 0) is 66.4 Å². The summed E-state index contributed by atoms with van der Waals surface area (Å²) in [7, 11) is -2.82. The second-order valence-corrected chi connectivity index (χ2v) is 10.6. The summed E-state index contributed by atoms with van der Waals surface area (Å²) < 4.78 is 30.9. The van der Waals surface area contributed by atoms with E-state index in [9.17, 15) is 8.60 Å². The van der Waals surface area contributed by atoms with Crippen LogP contribution in [0.3, 0.4) is 0 Å². The summed E-state index contributed by atoms with van der Waals surface area (Å²) in [6.45, 7) is 4.27. The van der Waals surface area contributed by atoms with Gasteiger partial charge in [0.25, 0.3) is 0 Å². The Balaban J connectivity index is 1.68. The molecule has 31 heavy (non-hydrogen) atoms. The maximum absolute atomic E-state index is 13.5. The van der Waals surface area contributed by atoms with Crippen LogP contribution in [0, 0.1) is 12.7 Å². The van der Waals surface area contributed by atoms with Crippen molar-refractivity contribution in [3.63, 3.8) is 0 Å². The number of pyridine rings is 1. The molecular weight excluding hydrogens is 429 g/mol. The zero-order valence-electron chi connectivity index (χ0n) is 17.5. The molecule has 1 unspecified atom stereocenters. The molecule has 0 aliphatic carbocycles. The molecule has 0 saturated heterocycles. The predicted octanol–water partition coefficient (Wildman–Crippen LogP) is 6.67. The van der Waals surface area contributed by atoms with E-state index in [0.717, 1.165) is 27.4 Å². The van der Waals surface area contributed by atoms with Gasteiger partial charge in [0.15, 0.2) is 5.82 Å². The number of rotatable bonds is 5. The molecule has 4 nitrogen and oxygen atoms in total. The number of hydrogen-bond acceptors (Lipinski definition) is 5. The zero-order chi connectivity index (χ0) is 22.0. The van der Waals surface area contributed by atoms with Crippen LogP contribution in [-0.2, 0) is 16.1 Å². The van der Waals surface area contributed by atoms with Crippen molar-refractivity contribution < 1.29 is 8.60 Å². The monoisotopic (exact) mass is 451 g/mol. The molecule has 0 amide bonds. The van der Waals surface area contributed by atoms with Crippen LogP contribution >= 0.6 is 11.3 Å². The van der Waals surface area contributed by atoms with Crippen molar-refractivity contribution in [2.45, 2.75) is 25.2 Å². The van der Waals surface area contributed by atoms with Crippen LogP contribution in [0.25, 0.3) is 21.0 Å². The molecule has 158 valence electrons. The van der Waals surface area contributed by atoms with Gasteiger partial charge >= 0.3 is 0 Å². The first-order valence-electron chi connectivity index (χ1n) is 9.85. The molecule has 0 bridgehead atoms. The van der Waals surface area contributed by atoms with Crippen molar-refractivity contribution >= 4 is 26.9 Å². The molecule has 0 aliphatic rings. The van der Waals surface area contributed by atoms with Gasteiger partial charge < -0.3 is 0 Å². The summed E-state index contributed by atoms with van der Waals surface area (Å²) in [5.74, 6) is -0.101. The van der Waals surface area contributed by atoms with Gasteiger partial charge in [-0.2, -0.15) is 4.36 Å². The highest BCUT2D eigenvalue weighted by Gasteiger charge is 2.11. The lowest BCUT2D eigenvalue weighted by Crippen LogP contribution is -1.97. The van der Waals surface area contributed by atoms with Gasteiger partial charge in [0.1, 0.15) is 10.8 Å². The third kappa shape index (κ3) is 4.73.